The molecule has 0 spiro atoms. The van der Waals surface area contributed by atoms with Crippen molar-refractivity contribution in [2.24, 2.45) is 0 Å². The number of nitrogens with zero attached hydrogens (tertiary/aromatic N) is 1. The molecule has 0 unspecified atom stereocenters. The van der Waals surface area contributed by atoms with E-state index in [9.17, 15) is 9.59 Å². The highest BCUT2D eigenvalue weighted by Crippen LogP contribution is 1.87. The van der Waals surface area contributed by atoms with Crippen LogP contribution in [0, 0.1) is 0 Å². The Morgan fingerprint density at radius 3 is 2.36 bits per heavy atom. The lowest BCUT2D eigenvalue weighted by Gasteiger charge is -2.21. The number of hydrogen-bond donors (Lipinski definition) is 2. The van der Waals surface area contributed by atoms with Crippen LogP contribution in [0.1, 0.15) is 13.8 Å². The molecule has 0 aromatic carbocycles. The molecular weight excluding hydrogens is 146 g/mol. The predicted octanol–water partition coefficient (Wildman–Crippen LogP) is -0.303. The number of rotatable bonds is 3. The van der Waals surface area contributed by atoms with Gasteiger partial charge in [-0.2, -0.15) is 0 Å². The van der Waals surface area contributed by atoms with Crippen LogP contribution in [0.5, 0.6) is 0 Å². The van der Waals surface area contributed by atoms with E-state index in [0.29, 0.717) is 6.41 Å². The van der Waals surface area contributed by atoms with Gasteiger partial charge >= 0.3 is 6.03 Å². The topological polar surface area (TPSA) is 61.4 Å². The Hall–Kier alpha value is -1.26. The molecule has 0 radical (unpaired) electrons. The first-order valence-electron chi connectivity index (χ1n) is 3.33. The summed E-state index contributed by atoms with van der Waals surface area (Å²) in [5.74, 6) is 0. The fraction of sp³-hybridized carbons (Fsp3) is 0.667. The van der Waals surface area contributed by atoms with Crippen LogP contribution in [-0.2, 0) is 4.79 Å². The van der Waals surface area contributed by atoms with Gasteiger partial charge in [-0.15, -0.1) is 0 Å². The largest absolute Gasteiger partial charge is 0.340 e. The fourth-order valence-corrected chi connectivity index (χ4v) is 0.450. The van der Waals surface area contributed by atoms with E-state index in [-0.39, 0.29) is 6.04 Å². The maximum absolute atomic E-state index is 10.7. The third-order valence-electron chi connectivity index (χ3n) is 1.13. The number of carbonyl (C=O) groups excluding carboxylic acids is 2. The Labute approximate surface area is 65.7 Å². The number of amides is 3. The highest BCUT2D eigenvalue weighted by atomic mass is 16.2. The zero-order valence-electron chi connectivity index (χ0n) is 6.92. The molecule has 0 rings (SSSR count). The van der Waals surface area contributed by atoms with Gasteiger partial charge < -0.3 is 5.32 Å². The summed E-state index contributed by atoms with van der Waals surface area (Å²) in [4.78, 5) is 20.9. The Balaban J connectivity index is 3.87. The molecule has 5 nitrogen and oxygen atoms in total. The van der Waals surface area contributed by atoms with Gasteiger partial charge in [0.05, 0.1) is 0 Å². The van der Waals surface area contributed by atoms with Gasteiger partial charge in [0.15, 0.2) is 0 Å². The molecule has 0 aromatic rings. The van der Waals surface area contributed by atoms with Crippen LogP contribution in [0.25, 0.3) is 0 Å². The van der Waals surface area contributed by atoms with Crippen molar-refractivity contribution >= 4 is 12.4 Å². The Kier molecular flexibility index (Phi) is 4.02. The van der Waals surface area contributed by atoms with Gasteiger partial charge in [0, 0.05) is 13.1 Å². The number of carbonyl (C=O) groups is 2. The molecule has 5 heteroatoms. The maximum atomic E-state index is 10.7. The minimum absolute atomic E-state index is 0.0372. The molecule has 0 saturated carbocycles. The van der Waals surface area contributed by atoms with E-state index in [1.165, 1.54) is 12.1 Å². The monoisotopic (exact) mass is 159 g/mol. The van der Waals surface area contributed by atoms with Crippen molar-refractivity contribution in [3.05, 3.63) is 0 Å². The number of nitrogens with one attached hydrogen (secondary N) is 2. The van der Waals surface area contributed by atoms with Gasteiger partial charge in [0.1, 0.15) is 0 Å². The zero-order chi connectivity index (χ0) is 8.85. The highest BCUT2D eigenvalue weighted by molar-refractivity contribution is 5.74. The van der Waals surface area contributed by atoms with Gasteiger partial charge in [-0.05, 0) is 13.8 Å². The van der Waals surface area contributed by atoms with E-state index >= 15 is 0 Å². The molecule has 64 valence electrons. The van der Waals surface area contributed by atoms with E-state index in [1.807, 2.05) is 0 Å². The molecule has 3 amide bonds. The second-order valence-electron chi connectivity index (χ2n) is 2.30. The molecule has 0 atom stereocenters. The Morgan fingerprint density at radius 1 is 1.55 bits per heavy atom. The third-order valence-corrected chi connectivity index (χ3v) is 1.13. The first kappa shape index (κ1) is 9.74. The lowest BCUT2D eigenvalue weighted by Crippen LogP contribution is -2.48. The summed E-state index contributed by atoms with van der Waals surface area (Å²) in [6, 6.07) is -0.435. The van der Waals surface area contributed by atoms with Crippen molar-refractivity contribution in [2.75, 3.05) is 7.05 Å². The van der Waals surface area contributed by atoms with Crippen LogP contribution in [0.4, 0.5) is 4.79 Å². The van der Waals surface area contributed by atoms with E-state index < -0.39 is 6.03 Å². The lowest BCUT2D eigenvalue weighted by molar-refractivity contribution is -0.121. The normalized spacial score (nSPS) is 9.09. The molecule has 0 saturated heterocycles. The van der Waals surface area contributed by atoms with Crippen molar-refractivity contribution in [2.45, 2.75) is 19.9 Å². The van der Waals surface area contributed by atoms with Gasteiger partial charge in [-0.25, -0.2) is 10.2 Å². The van der Waals surface area contributed by atoms with Crippen LogP contribution in [-0.4, -0.2) is 30.5 Å². The van der Waals surface area contributed by atoms with Crippen LogP contribution in [0.15, 0.2) is 0 Å². The molecule has 0 fully saturated rings. The quantitative estimate of drug-likeness (QED) is 0.438. The van der Waals surface area contributed by atoms with E-state index in [4.69, 9.17) is 0 Å². The average Bonchev–Trinajstić information content (AvgIpc) is 1.99. The first-order valence-corrected chi connectivity index (χ1v) is 3.33. The number of hydrogen-bond acceptors (Lipinski definition) is 2. The molecule has 0 aliphatic carbocycles. The predicted molar refractivity (Wildman–Crippen MR) is 40.6 cm³/mol. The SMILES string of the molecule is CNC(=O)NN(C=O)C(C)C. The molecule has 0 aliphatic rings. The molecular formula is C6H13N3O2. The van der Waals surface area contributed by atoms with Crippen LogP contribution in [0.3, 0.4) is 0 Å². The first-order chi connectivity index (χ1) is 5.11. The minimum Gasteiger partial charge on any atom is -0.340 e. The van der Waals surface area contributed by atoms with E-state index in [2.05, 4.69) is 10.7 Å². The van der Waals surface area contributed by atoms with Crippen LogP contribution in [0.2, 0.25) is 0 Å². The number of urea groups is 1. The van der Waals surface area contributed by atoms with Crippen molar-refractivity contribution in [1.29, 1.82) is 0 Å². The maximum Gasteiger partial charge on any atom is 0.333 e. The lowest BCUT2D eigenvalue weighted by atomic mass is 10.4. The summed E-state index contributed by atoms with van der Waals surface area (Å²) in [6.07, 6.45) is 0.569. The molecule has 0 aromatic heterocycles. The van der Waals surface area contributed by atoms with Gasteiger partial charge in [-0.3, -0.25) is 9.80 Å². The van der Waals surface area contributed by atoms with Crippen LogP contribution < -0.4 is 10.7 Å². The summed E-state index contributed by atoms with van der Waals surface area (Å²) in [5, 5.41) is 3.51. The highest BCUT2D eigenvalue weighted by Gasteiger charge is 2.07. The second-order valence-corrected chi connectivity index (χ2v) is 2.30. The summed E-state index contributed by atoms with van der Waals surface area (Å²) < 4.78 is 0. The molecule has 0 heterocycles. The average molecular weight is 159 g/mol. The number of hydrazine groups is 1. The third kappa shape index (κ3) is 3.44. The summed E-state index contributed by atoms with van der Waals surface area (Å²) >= 11 is 0. The zero-order valence-corrected chi connectivity index (χ0v) is 6.92. The Morgan fingerprint density at radius 2 is 2.09 bits per heavy atom. The second kappa shape index (κ2) is 4.54. The minimum atomic E-state index is -0.397. The standard InChI is InChI=1S/C6H13N3O2/c1-5(2)9(4-10)8-6(11)7-3/h4-5H,1-3H3,(H2,7,8,11). The van der Waals surface area contributed by atoms with Crippen LogP contribution >= 0.6 is 0 Å². The summed E-state index contributed by atoms with van der Waals surface area (Å²) in [6.45, 7) is 3.59. The van der Waals surface area contributed by atoms with Crippen molar-refractivity contribution in [3.63, 3.8) is 0 Å². The fourth-order valence-electron chi connectivity index (χ4n) is 0.450. The van der Waals surface area contributed by atoms with E-state index in [0.717, 1.165) is 0 Å². The summed E-state index contributed by atoms with van der Waals surface area (Å²) in [7, 11) is 1.48. The molecule has 2 N–H and O–H groups in total. The van der Waals surface area contributed by atoms with Crippen molar-refractivity contribution in [3.8, 4) is 0 Å². The summed E-state index contributed by atoms with van der Waals surface area (Å²) in [5.41, 5.74) is 2.33. The van der Waals surface area contributed by atoms with Crippen molar-refractivity contribution in [1.82, 2.24) is 15.8 Å². The molecule has 0 bridgehead atoms. The van der Waals surface area contributed by atoms with Gasteiger partial charge in [0.2, 0.25) is 6.41 Å². The Bertz CT molecular complexity index is 147. The van der Waals surface area contributed by atoms with Gasteiger partial charge in [-0.1, -0.05) is 0 Å². The smallest absolute Gasteiger partial charge is 0.333 e. The molecule has 0 aliphatic heterocycles. The van der Waals surface area contributed by atoms with Gasteiger partial charge in [0.25, 0.3) is 0 Å². The van der Waals surface area contributed by atoms with Crippen molar-refractivity contribution < 1.29 is 9.59 Å². The molecule has 11 heavy (non-hydrogen) atoms. The van der Waals surface area contributed by atoms with E-state index in [1.54, 1.807) is 13.8 Å².